The summed E-state index contributed by atoms with van der Waals surface area (Å²) in [7, 11) is 0. The molecule has 1 aromatic rings. The van der Waals surface area contributed by atoms with Crippen molar-refractivity contribution >= 4 is 11.6 Å². The molecule has 0 aliphatic heterocycles. The standard InChI is InChI=1S/C13H12ClF/c1-7-5-9(3-4-10(7)15)12-11-8(2)6-13(11,12)14/h3-6,11-12H,1-2H3. The highest BCUT2D eigenvalue weighted by Gasteiger charge is 2.69. The summed E-state index contributed by atoms with van der Waals surface area (Å²) in [6.07, 6.45) is 2.13. The molecular formula is C13H12ClF. The van der Waals surface area contributed by atoms with E-state index < -0.39 is 0 Å². The first-order valence-corrected chi connectivity index (χ1v) is 5.56. The zero-order valence-corrected chi connectivity index (χ0v) is 9.48. The number of allylic oxidation sites excluding steroid dienone is 2. The van der Waals surface area contributed by atoms with Gasteiger partial charge in [0.15, 0.2) is 0 Å². The van der Waals surface area contributed by atoms with Crippen molar-refractivity contribution in [1.29, 1.82) is 0 Å². The van der Waals surface area contributed by atoms with Gasteiger partial charge in [0, 0.05) is 11.8 Å². The summed E-state index contributed by atoms with van der Waals surface area (Å²) in [5.74, 6) is 0.725. The first kappa shape index (κ1) is 9.41. The summed E-state index contributed by atoms with van der Waals surface area (Å²) in [6.45, 7) is 3.91. The second-order valence-electron chi connectivity index (χ2n) is 4.68. The number of hydrogen-bond donors (Lipinski definition) is 0. The molecular weight excluding hydrogens is 211 g/mol. The maximum Gasteiger partial charge on any atom is 0.126 e. The van der Waals surface area contributed by atoms with Crippen LogP contribution < -0.4 is 0 Å². The molecule has 0 heterocycles. The number of benzene rings is 1. The summed E-state index contributed by atoms with van der Waals surface area (Å²) in [5, 5.41) is 0. The summed E-state index contributed by atoms with van der Waals surface area (Å²) >= 11 is 6.40. The lowest BCUT2D eigenvalue weighted by atomic mass is 10.0. The van der Waals surface area contributed by atoms with Gasteiger partial charge in [-0.15, -0.1) is 11.6 Å². The molecule has 0 saturated heterocycles. The van der Waals surface area contributed by atoms with Gasteiger partial charge >= 0.3 is 0 Å². The predicted octanol–water partition coefficient (Wildman–Crippen LogP) is 3.79. The monoisotopic (exact) mass is 222 g/mol. The molecule has 3 atom stereocenters. The normalized spacial score (nSPS) is 36.7. The van der Waals surface area contributed by atoms with E-state index in [0.717, 1.165) is 0 Å². The minimum atomic E-state index is -0.144. The van der Waals surface area contributed by atoms with E-state index in [1.165, 1.54) is 17.2 Å². The molecule has 0 spiro atoms. The third-order valence-corrected chi connectivity index (χ3v) is 4.24. The Morgan fingerprint density at radius 2 is 2.00 bits per heavy atom. The van der Waals surface area contributed by atoms with E-state index in [9.17, 15) is 4.39 Å². The molecule has 0 amide bonds. The number of halogens is 2. The van der Waals surface area contributed by atoms with Crippen LogP contribution in [-0.4, -0.2) is 4.87 Å². The van der Waals surface area contributed by atoms with Crippen LogP contribution in [0.1, 0.15) is 24.0 Å². The second kappa shape index (κ2) is 2.65. The molecule has 3 rings (SSSR count). The van der Waals surface area contributed by atoms with Gasteiger partial charge in [0.05, 0.1) is 4.87 Å². The van der Waals surface area contributed by atoms with Crippen LogP contribution in [0.25, 0.3) is 0 Å². The SMILES string of the molecule is CC1=CC2(Cl)C1C2c1ccc(F)c(C)c1. The van der Waals surface area contributed by atoms with Gasteiger partial charge in [0.2, 0.25) is 0 Å². The Hall–Kier alpha value is -0.820. The molecule has 1 saturated carbocycles. The van der Waals surface area contributed by atoms with Crippen LogP contribution in [0.4, 0.5) is 4.39 Å². The zero-order chi connectivity index (χ0) is 10.8. The third kappa shape index (κ3) is 1.07. The van der Waals surface area contributed by atoms with Crippen molar-refractivity contribution in [3.8, 4) is 0 Å². The van der Waals surface area contributed by atoms with Crippen molar-refractivity contribution in [2.45, 2.75) is 24.6 Å². The highest BCUT2D eigenvalue weighted by molar-refractivity contribution is 6.30. The number of rotatable bonds is 1. The van der Waals surface area contributed by atoms with E-state index in [-0.39, 0.29) is 10.7 Å². The van der Waals surface area contributed by atoms with Crippen molar-refractivity contribution in [1.82, 2.24) is 0 Å². The Labute approximate surface area is 93.8 Å². The largest absolute Gasteiger partial charge is 0.207 e. The van der Waals surface area contributed by atoms with E-state index in [2.05, 4.69) is 13.0 Å². The summed E-state index contributed by atoms with van der Waals surface area (Å²) in [6, 6.07) is 5.32. The van der Waals surface area contributed by atoms with E-state index in [4.69, 9.17) is 11.6 Å². The number of hydrogen-bond acceptors (Lipinski definition) is 0. The highest BCUT2D eigenvalue weighted by Crippen LogP contribution is 2.72. The van der Waals surface area contributed by atoms with Crippen LogP contribution in [0, 0.1) is 18.7 Å². The van der Waals surface area contributed by atoms with Crippen molar-refractivity contribution < 1.29 is 4.39 Å². The average molecular weight is 223 g/mol. The average Bonchev–Trinajstić information content (AvgIpc) is 2.68. The van der Waals surface area contributed by atoms with Crippen molar-refractivity contribution in [3.05, 3.63) is 46.8 Å². The smallest absolute Gasteiger partial charge is 0.126 e. The van der Waals surface area contributed by atoms with Gasteiger partial charge in [-0.3, -0.25) is 0 Å². The molecule has 3 unspecified atom stereocenters. The molecule has 78 valence electrons. The first-order valence-electron chi connectivity index (χ1n) is 5.18. The summed E-state index contributed by atoms with van der Waals surface area (Å²) in [4.78, 5) is -0.144. The number of aryl methyl sites for hydroxylation is 1. The van der Waals surface area contributed by atoms with Gasteiger partial charge in [0.25, 0.3) is 0 Å². The molecule has 0 radical (unpaired) electrons. The van der Waals surface area contributed by atoms with Crippen molar-refractivity contribution in [2.24, 2.45) is 5.92 Å². The van der Waals surface area contributed by atoms with E-state index in [0.29, 0.717) is 17.4 Å². The second-order valence-corrected chi connectivity index (χ2v) is 5.33. The molecule has 1 fully saturated rings. The first-order chi connectivity index (χ1) is 7.04. The maximum absolute atomic E-state index is 13.1. The van der Waals surface area contributed by atoms with Crippen molar-refractivity contribution in [2.75, 3.05) is 0 Å². The van der Waals surface area contributed by atoms with E-state index in [1.807, 2.05) is 12.1 Å². The van der Waals surface area contributed by atoms with Crippen molar-refractivity contribution in [3.63, 3.8) is 0 Å². The molecule has 0 aromatic heterocycles. The fraction of sp³-hybridized carbons (Fsp3) is 0.385. The van der Waals surface area contributed by atoms with Gasteiger partial charge in [-0.05, 0) is 31.0 Å². The topological polar surface area (TPSA) is 0 Å². The fourth-order valence-corrected chi connectivity index (χ4v) is 3.48. The Kier molecular flexibility index (Phi) is 1.66. The lowest BCUT2D eigenvalue weighted by Gasteiger charge is -2.13. The predicted molar refractivity (Wildman–Crippen MR) is 59.7 cm³/mol. The molecule has 0 bridgehead atoms. The molecule has 1 aromatic carbocycles. The van der Waals surface area contributed by atoms with Crippen LogP contribution in [0.2, 0.25) is 0 Å². The molecule has 2 aliphatic carbocycles. The lowest BCUT2D eigenvalue weighted by Crippen LogP contribution is -2.09. The molecule has 0 nitrogen and oxygen atoms in total. The minimum Gasteiger partial charge on any atom is -0.207 e. The van der Waals surface area contributed by atoms with E-state index in [1.54, 1.807) is 6.92 Å². The van der Waals surface area contributed by atoms with Crippen LogP contribution in [0.3, 0.4) is 0 Å². The van der Waals surface area contributed by atoms with Gasteiger partial charge in [0.1, 0.15) is 5.82 Å². The lowest BCUT2D eigenvalue weighted by molar-refractivity contribution is 0.617. The van der Waals surface area contributed by atoms with Crippen LogP contribution in [-0.2, 0) is 0 Å². The molecule has 2 aliphatic rings. The molecule has 2 heteroatoms. The van der Waals surface area contributed by atoms with Crippen LogP contribution in [0.15, 0.2) is 29.8 Å². The van der Waals surface area contributed by atoms with Gasteiger partial charge in [-0.25, -0.2) is 4.39 Å². The molecule has 15 heavy (non-hydrogen) atoms. The summed E-state index contributed by atoms with van der Waals surface area (Å²) < 4.78 is 13.1. The van der Waals surface area contributed by atoms with E-state index >= 15 is 0 Å². The zero-order valence-electron chi connectivity index (χ0n) is 8.72. The highest BCUT2D eigenvalue weighted by atomic mass is 35.5. The van der Waals surface area contributed by atoms with Gasteiger partial charge < -0.3 is 0 Å². The van der Waals surface area contributed by atoms with Gasteiger partial charge in [-0.2, -0.15) is 0 Å². The van der Waals surface area contributed by atoms with Crippen LogP contribution in [0.5, 0.6) is 0 Å². The van der Waals surface area contributed by atoms with Gasteiger partial charge in [-0.1, -0.05) is 23.8 Å². The number of alkyl halides is 1. The third-order valence-electron chi connectivity index (χ3n) is 3.66. The Balaban J connectivity index is 1.95. The fourth-order valence-electron chi connectivity index (χ4n) is 2.82. The Bertz CT molecular complexity index is 477. The quantitative estimate of drug-likeness (QED) is 0.501. The summed E-state index contributed by atoms with van der Waals surface area (Å²) in [5.41, 5.74) is 3.25. The van der Waals surface area contributed by atoms with Crippen LogP contribution >= 0.6 is 11.6 Å². The Morgan fingerprint density at radius 1 is 1.27 bits per heavy atom. The minimum absolute atomic E-state index is 0.139. The number of fused-ring (bicyclic) bond motifs is 1. The maximum atomic E-state index is 13.1. The molecule has 0 N–H and O–H groups in total. The Morgan fingerprint density at radius 3 is 2.47 bits per heavy atom.